The number of aryl methyl sites for hydroxylation is 1. The molecule has 3 heteroatoms. The van der Waals surface area contributed by atoms with E-state index in [4.69, 9.17) is 4.74 Å². The molecule has 0 aliphatic rings. The van der Waals surface area contributed by atoms with Crippen molar-refractivity contribution in [1.82, 2.24) is 0 Å². The maximum absolute atomic E-state index is 5.27. The molecule has 1 unspecified atom stereocenters. The lowest BCUT2D eigenvalue weighted by Gasteiger charge is -2.17. The number of rotatable bonds is 4. The van der Waals surface area contributed by atoms with Crippen LogP contribution in [-0.2, 0) is 0 Å². The van der Waals surface area contributed by atoms with Gasteiger partial charge in [0.05, 0.1) is 7.11 Å². The number of nitrogens with one attached hydrogen (secondary N) is 1. The van der Waals surface area contributed by atoms with Crippen molar-refractivity contribution in [3.8, 4) is 5.75 Å². The van der Waals surface area contributed by atoms with Crippen molar-refractivity contribution in [3.63, 3.8) is 0 Å². The number of anilines is 1. The normalized spacial score (nSPS) is 12.0. The largest absolute Gasteiger partial charge is 0.496 e. The zero-order chi connectivity index (χ0) is 13.8. The highest BCUT2D eigenvalue weighted by Crippen LogP contribution is 2.25. The molecule has 2 rings (SSSR count). The van der Waals surface area contributed by atoms with Crippen molar-refractivity contribution in [2.75, 3.05) is 12.4 Å². The van der Waals surface area contributed by atoms with Crippen LogP contribution in [0.5, 0.6) is 5.75 Å². The van der Waals surface area contributed by atoms with Crippen molar-refractivity contribution in [2.24, 2.45) is 0 Å². The second-order valence-electron chi connectivity index (χ2n) is 4.60. The fourth-order valence-electron chi connectivity index (χ4n) is 2.05. The molecule has 0 bridgehead atoms. The molecule has 0 saturated carbocycles. The molecule has 2 nitrogen and oxygen atoms in total. The summed E-state index contributed by atoms with van der Waals surface area (Å²) in [7, 11) is 1.70. The third-order valence-corrected chi connectivity index (χ3v) is 3.87. The summed E-state index contributed by atoms with van der Waals surface area (Å²) in [4.78, 5) is 0. The monoisotopic (exact) mass is 367 g/mol. The van der Waals surface area contributed by atoms with Gasteiger partial charge in [-0.3, -0.25) is 0 Å². The molecule has 0 amide bonds. The Hall–Kier alpha value is -1.23. The molecule has 0 spiro atoms. The first-order chi connectivity index (χ1) is 9.10. The van der Waals surface area contributed by atoms with Gasteiger partial charge in [0.25, 0.3) is 0 Å². The van der Waals surface area contributed by atoms with E-state index < -0.39 is 0 Å². The van der Waals surface area contributed by atoms with Crippen LogP contribution in [0.15, 0.2) is 42.5 Å². The third kappa shape index (κ3) is 3.62. The van der Waals surface area contributed by atoms with Crippen molar-refractivity contribution < 1.29 is 4.74 Å². The lowest BCUT2D eigenvalue weighted by Crippen LogP contribution is -2.06. The summed E-state index contributed by atoms with van der Waals surface area (Å²) in [5, 5.41) is 3.51. The van der Waals surface area contributed by atoms with Crippen molar-refractivity contribution >= 4 is 28.3 Å². The van der Waals surface area contributed by atoms with Gasteiger partial charge in [0.2, 0.25) is 0 Å². The molecule has 0 aliphatic carbocycles. The topological polar surface area (TPSA) is 21.3 Å². The van der Waals surface area contributed by atoms with Crippen LogP contribution in [0.2, 0.25) is 0 Å². The summed E-state index contributed by atoms with van der Waals surface area (Å²) in [6, 6.07) is 15.0. The Labute approximate surface area is 128 Å². The predicted octanol–water partition coefficient (Wildman–Crippen LogP) is 4.78. The number of halogens is 1. The van der Waals surface area contributed by atoms with Crippen LogP contribution in [0.25, 0.3) is 0 Å². The first-order valence-electron chi connectivity index (χ1n) is 6.27. The molecule has 1 N–H and O–H groups in total. The van der Waals surface area contributed by atoms with Gasteiger partial charge in [-0.25, -0.2) is 0 Å². The molecule has 0 saturated heterocycles. The number of hydrogen-bond donors (Lipinski definition) is 1. The minimum absolute atomic E-state index is 0.282. The number of benzene rings is 2. The molecule has 0 aliphatic heterocycles. The zero-order valence-corrected chi connectivity index (χ0v) is 13.6. The standard InChI is InChI=1S/C16H18INO/c1-11-10-15(8-9-16(11)19-3)18-12(2)13-4-6-14(17)7-5-13/h4-10,12,18H,1-3H3. The molecule has 0 fully saturated rings. The summed E-state index contributed by atoms with van der Waals surface area (Å²) in [5.41, 5.74) is 3.54. The van der Waals surface area contributed by atoms with Crippen LogP contribution in [0.4, 0.5) is 5.69 Å². The van der Waals surface area contributed by atoms with Crippen LogP contribution in [0, 0.1) is 10.5 Å². The highest BCUT2D eigenvalue weighted by molar-refractivity contribution is 14.1. The summed E-state index contributed by atoms with van der Waals surface area (Å²) in [5.74, 6) is 0.924. The van der Waals surface area contributed by atoms with Gasteiger partial charge in [-0.2, -0.15) is 0 Å². The van der Waals surface area contributed by atoms with Gasteiger partial charge in [-0.05, 0) is 77.9 Å². The van der Waals surface area contributed by atoms with E-state index in [1.807, 2.05) is 6.07 Å². The van der Waals surface area contributed by atoms with Crippen LogP contribution in [0.1, 0.15) is 24.1 Å². The zero-order valence-electron chi connectivity index (χ0n) is 11.4. The highest BCUT2D eigenvalue weighted by atomic mass is 127. The van der Waals surface area contributed by atoms with Gasteiger partial charge in [0, 0.05) is 15.3 Å². The maximum atomic E-state index is 5.27. The van der Waals surface area contributed by atoms with Crippen molar-refractivity contribution in [1.29, 1.82) is 0 Å². The molecule has 0 heterocycles. The van der Waals surface area contributed by atoms with E-state index >= 15 is 0 Å². The lowest BCUT2D eigenvalue weighted by molar-refractivity contribution is 0.412. The van der Waals surface area contributed by atoms with Gasteiger partial charge in [-0.15, -0.1) is 0 Å². The highest BCUT2D eigenvalue weighted by Gasteiger charge is 2.06. The van der Waals surface area contributed by atoms with E-state index in [0.717, 1.165) is 17.0 Å². The van der Waals surface area contributed by atoms with E-state index in [1.54, 1.807) is 7.11 Å². The Balaban J connectivity index is 2.12. The molecule has 100 valence electrons. The minimum Gasteiger partial charge on any atom is -0.496 e. The molecule has 0 aromatic heterocycles. The fraction of sp³-hybridized carbons (Fsp3) is 0.250. The molecular weight excluding hydrogens is 349 g/mol. The summed E-state index contributed by atoms with van der Waals surface area (Å²) >= 11 is 2.32. The summed E-state index contributed by atoms with van der Waals surface area (Å²) < 4.78 is 6.53. The van der Waals surface area contributed by atoms with Crippen LogP contribution >= 0.6 is 22.6 Å². The van der Waals surface area contributed by atoms with Gasteiger partial charge in [0.1, 0.15) is 5.75 Å². The molecule has 1 atom stereocenters. The first-order valence-corrected chi connectivity index (χ1v) is 7.34. The fourth-order valence-corrected chi connectivity index (χ4v) is 2.41. The Morgan fingerprint density at radius 2 is 1.79 bits per heavy atom. The molecule has 2 aromatic carbocycles. The molecular formula is C16H18INO. The minimum atomic E-state index is 0.282. The second-order valence-corrected chi connectivity index (χ2v) is 5.85. The van der Waals surface area contributed by atoms with E-state index in [9.17, 15) is 0 Å². The third-order valence-electron chi connectivity index (χ3n) is 3.15. The van der Waals surface area contributed by atoms with Crippen molar-refractivity contribution in [2.45, 2.75) is 19.9 Å². The second kappa shape index (κ2) is 6.28. The molecule has 0 radical (unpaired) electrons. The van der Waals surface area contributed by atoms with Crippen molar-refractivity contribution in [3.05, 3.63) is 57.2 Å². The number of methoxy groups -OCH3 is 1. The van der Waals surface area contributed by atoms with E-state index in [-0.39, 0.29) is 6.04 Å². The number of hydrogen-bond acceptors (Lipinski definition) is 2. The van der Waals surface area contributed by atoms with Gasteiger partial charge in [0.15, 0.2) is 0 Å². The Kier molecular flexibility index (Phi) is 4.69. The maximum Gasteiger partial charge on any atom is 0.121 e. The van der Waals surface area contributed by atoms with Gasteiger partial charge >= 0.3 is 0 Å². The van der Waals surface area contributed by atoms with Crippen LogP contribution in [-0.4, -0.2) is 7.11 Å². The van der Waals surface area contributed by atoms with E-state index in [0.29, 0.717) is 0 Å². The van der Waals surface area contributed by atoms with Crippen LogP contribution in [0.3, 0.4) is 0 Å². The van der Waals surface area contributed by atoms with Gasteiger partial charge < -0.3 is 10.1 Å². The SMILES string of the molecule is COc1ccc(NC(C)c2ccc(I)cc2)cc1C. The Bertz CT molecular complexity index is 551. The summed E-state index contributed by atoms with van der Waals surface area (Å²) in [6.45, 7) is 4.22. The quantitative estimate of drug-likeness (QED) is 0.786. The predicted molar refractivity (Wildman–Crippen MR) is 88.9 cm³/mol. The molecule has 19 heavy (non-hydrogen) atoms. The number of ether oxygens (including phenoxy) is 1. The lowest BCUT2D eigenvalue weighted by atomic mass is 10.1. The van der Waals surface area contributed by atoms with E-state index in [2.05, 4.69) is 78.2 Å². The average Bonchev–Trinajstić information content (AvgIpc) is 2.39. The Morgan fingerprint density at radius 1 is 1.11 bits per heavy atom. The first kappa shape index (κ1) is 14.2. The summed E-state index contributed by atoms with van der Waals surface area (Å²) in [6.07, 6.45) is 0. The van der Waals surface area contributed by atoms with Crippen LogP contribution < -0.4 is 10.1 Å². The smallest absolute Gasteiger partial charge is 0.121 e. The Morgan fingerprint density at radius 3 is 2.37 bits per heavy atom. The average molecular weight is 367 g/mol. The molecule has 2 aromatic rings. The van der Waals surface area contributed by atoms with Gasteiger partial charge in [-0.1, -0.05) is 12.1 Å². The van der Waals surface area contributed by atoms with E-state index in [1.165, 1.54) is 9.13 Å².